The van der Waals surface area contributed by atoms with Crippen LogP contribution in [0.2, 0.25) is 0 Å². The van der Waals surface area contributed by atoms with Gasteiger partial charge in [0.05, 0.1) is 0 Å². The zero-order valence-corrected chi connectivity index (χ0v) is 11.9. The van der Waals surface area contributed by atoms with Crippen LogP contribution in [0.5, 0.6) is 0 Å². The standard InChI is InChI=1S/C15H30N2/c1-3-9-16-11-5-15(6-12-16)7-13-17(10-4-2)14-8-15/h3-14H2,1-2H3. The van der Waals surface area contributed by atoms with Gasteiger partial charge in [0.2, 0.25) is 0 Å². The minimum atomic E-state index is 0.731. The van der Waals surface area contributed by atoms with E-state index in [-0.39, 0.29) is 0 Å². The van der Waals surface area contributed by atoms with Crippen molar-refractivity contribution in [2.24, 2.45) is 5.41 Å². The first-order valence-corrected chi connectivity index (χ1v) is 7.73. The molecule has 0 aliphatic carbocycles. The Kier molecular flexibility index (Phi) is 4.87. The molecule has 0 bridgehead atoms. The van der Waals surface area contributed by atoms with Crippen molar-refractivity contribution in [3.05, 3.63) is 0 Å². The Bertz CT molecular complexity index is 183. The highest BCUT2D eigenvalue weighted by Gasteiger charge is 2.36. The van der Waals surface area contributed by atoms with Crippen LogP contribution in [0.3, 0.4) is 0 Å². The Balaban J connectivity index is 1.76. The largest absolute Gasteiger partial charge is 0.303 e. The van der Waals surface area contributed by atoms with Gasteiger partial charge in [-0.15, -0.1) is 0 Å². The SMILES string of the molecule is CCCN1CCC2(CC1)CCN(CCC)CC2. The Morgan fingerprint density at radius 1 is 0.706 bits per heavy atom. The average Bonchev–Trinajstić information content (AvgIpc) is 2.36. The molecule has 0 atom stereocenters. The Labute approximate surface area is 107 Å². The predicted molar refractivity (Wildman–Crippen MR) is 74.4 cm³/mol. The van der Waals surface area contributed by atoms with Crippen LogP contribution in [-0.2, 0) is 0 Å². The molecular formula is C15H30N2. The lowest BCUT2D eigenvalue weighted by molar-refractivity contribution is 0.0351. The lowest BCUT2D eigenvalue weighted by Crippen LogP contribution is -2.47. The molecule has 100 valence electrons. The first-order chi connectivity index (χ1) is 8.28. The predicted octanol–water partition coefficient (Wildman–Crippen LogP) is 2.98. The Morgan fingerprint density at radius 2 is 1.06 bits per heavy atom. The zero-order chi connectivity index (χ0) is 12.1. The van der Waals surface area contributed by atoms with Crippen molar-refractivity contribution < 1.29 is 0 Å². The van der Waals surface area contributed by atoms with Crippen molar-refractivity contribution in [3.8, 4) is 0 Å². The first kappa shape index (κ1) is 13.4. The zero-order valence-electron chi connectivity index (χ0n) is 11.9. The van der Waals surface area contributed by atoms with Gasteiger partial charge in [-0.2, -0.15) is 0 Å². The van der Waals surface area contributed by atoms with Gasteiger partial charge in [0.15, 0.2) is 0 Å². The van der Waals surface area contributed by atoms with Crippen molar-refractivity contribution >= 4 is 0 Å². The second kappa shape index (κ2) is 6.19. The van der Waals surface area contributed by atoms with Gasteiger partial charge in [0, 0.05) is 0 Å². The first-order valence-electron chi connectivity index (χ1n) is 7.73. The molecule has 2 rings (SSSR count). The van der Waals surface area contributed by atoms with Gasteiger partial charge in [-0.3, -0.25) is 0 Å². The minimum Gasteiger partial charge on any atom is -0.303 e. The van der Waals surface area contributed by atoms with Gasteiger partial charge < -0.3 is 9.80 Å². The number of hydrogen-bond acceptors (Lipinski definition) is 2. The third-order valence-electron chi connectivity index (χ3n) is 4.91. The van der Waals surface area contributed by atoms with Crippen LogP contribution >= 0.6 is 0 Å². The molecule has 2 aliphatic heterocycles. The fourth-order valence-electron chi connectivity index (χ4n) is 3.63. The van der Waals surface area contributed by atoms with Crippen molar-refractivity contribution in [2.45, 2.75) is 52.4 Å². The summed E-state index contributed by atoms with van der Waals surface area (Å²) in [5.74, 6) is 0. The molecule has 0 aromatic rings. The highest BCUT2D eigenvalue weighted by Crippen LogP contribution is 2.41. The molecule has 2 fully saturated rings. The molecule has 0 N–H and O–H groups in total. The summed E-state index contributed by atoms with van der Waals surface area (Å²) in [5.41, 5.74) is 0.731. The van der Waals surface area contributed by atoms with Gasteiger partial charge in [-0.25, -0.2) is 0 Å². The van der Waals surface area contributed by atoms with Crippen LogP contribution in [0, 0.1) is 5.41 Å². The molecule has 0 amide bonds. The monoisotopic (exact) mass is 238 g/mol. The molecule has 0 radical (unpaired) electrons. The topological polar surface area (TPSA) is 6.48 Å². The van der Waals surface area contributed by atoms with Crippen LogP contribution in [-0.4, -0.2) is 49.1 Å². The summed E-state index contributed by atoms with van der Waals surface area (Å²) in [6.45, 7) is 12.7. The second-order valence-corrected chi connectivity index (χ2v) is 6.18. The molecule has 2 nitrogen and oxygen atoms in total. The minimum absolute atomic E-state index is 0.731. The van der Waals surface area contributed by atoms with Crippen molar-refractivity contribution in [1.82, 2.24) is 9.80 Å². The highest BCUT2D eigenvalue weighted by atomic mass is 15.1. The van der Waals surface area contributed by atoms with E-state index in [0.717, 1.165) is 5.41 Å². The number of likely N-dealkylation sites (tertiary alicyclic amines) is 2. The Hall–Kier alpha value is -0.0800. The van der Waals surface area contributed by atoms with Crippen LogP contribution < -0.4 is 0 Å². The molecule has 0 unspecified atom stereocenters. The third-order valence-corrected chi connectivity index (χ3v) is 4.91. The van der Waals surface area contributed by atoms with E-state index in [1.165, 1.54) is 77.8 Å². The summed E-state index contributed by atoms with van der Waals surface area (Å²) in [5, 5.41) is 0. The van der Waals surface area contributed by atoms with Crippen molar-refractivity contribution in [2.75, 3.05) is 39.3 Å². The van der Waals surface area contributed by atoms with E-state index in [1.54, 1.807) is 0 Å². The normalized spacial score (nSPS) is 26.5. The number of nitrogens with zero attached hydrogens (tertiary/aromatic N) is 2. The molecular weight excluding hydrogens is 208 g/mol. The second-order valence-electron chi connectivity index (χ2n) is 6.18. The van der Waals surface area contributed by atoms with E-state index in [2.05, 4.69) is 23.6 Å². The lowest BCUT2D eigenvalue weighted by atomic mass is 9.71. The molecule has 2 aliphatic rings. The van der Waals surface area contributed by atoms with Crippen LogP contribution in [0.25, 0.3) is 0 Å². The molecule has 17 heavy (non-hydrogen) atoms. The van der Waals surface area contributed by atoms with Gasteiger partial charge in [0.1, 0.15) is 0 Å². The van der Waals surface area contributed by atoms with E-state index < -0.39 is 0 Å². The van der Waals surface area contributed by atoms with E-state index >= 15 is 0 Å². The summed E-state index contributed by atoms with van der Waals surface area (Å²) in [7, 11) is 0. The molecule has 1 spiro atoms. The number of rotatable bonds is 4. The molecule has 2 heterocycles. The maximum Gasteiger partial charge on any atom is -0.00134 e. The van der Waals surface area contributed by atoms with Crippen molar-refractivity contribution in [1.29, 1.82) is 0 Å². The fraction of sp³-hybridized carbons (Fsp3) is 1.00. The van der Waals surface area contributed by atoms with Gasteiger partial charge in [0.25, 0.3) is 0 Å². The Morgan fingerprint density at radius 3 is 1.35 bits per heavy atom. The molecule has 0 aromatic carbocycles. The van der Waals surface area contributed by atoms with Crippen LogP contribution in [0.1, 0.15) is 52.4 Å². The lowest BCUT2D eigenvalue weighted by Gasteiger charge is -2.47. The summed E-state index contributed by atoms with van der Waals surface area (Å²) in [4.78, 5) is 5.34. The number of piperidine rings is 2. The van der Waals surface area contributed by atoms with E-state index in [4.69, 9.17) is 0 Å². The summed E-state index contributed by atoms with van der Waals surface area (Å²) in [6, 6.07) is 0. The molecule has 2 heteroatoms. The molecule has 2 saturated heterocycles. The van der Waals surface area contributed by atoms with E-state index in [1.807, 2.05) is 0 Å². The number of hydrogen-bond donors (Lipinski definition) is 0. The van der Waals surface area contributed by atoms with E-state index in [0.29, 0.717) is 0 Å². The fourth-order valence-corrected chi connectivity index (χ4v) is 3.63. The van der Waals surface area contributed by atoms with Crippen LogP contribution in [0.15, 0.2) is 0 Å². The summed E-state index contributed by atoms with van der Waals surface area (Å²) < 4.78 is 0. The smallest absolute Gasteiger partial charge is 0.00134 e. The van der Waals surface area contributed by atoms with Gasteiger partial charge in [-0.1, -0.05) is 13.8 Å². The van der Waals surface area contributed by atoms with Crippen molar-refractivity contribution in [3.63, 3.8) is 0 Å². The maximum atomic E-state index is 2.67. The van der Waals surface area contributed by atoms with Crippen LogP contribution in [0.4, 0.5) is 0 Å². The summed E-state index contributed by atoms with van der Waals surface area (Å²) >= 11 is 0. The van der Waals surface area contributed by atoms with Gasteiger partial charge in [-0.05, 0) is 83.2 Å². The maximum absolute atomic E-state index is 2.67. The molecule has 0 saturated carbocycles. The summed E-state index contributed by atoms with van der Waals surface area (Å²) in [6.07, 6.45) is 8.49. The quantitative estimate of drug-likeness (QED) is 0.743. The highest BCUT2D eigenvalue weighted by molar-refractivity contribution is 4.90. The van der Waals surface area contributed by atoms with E-state index in [9.17, 15) is 0 Å². The average molecular weight is 238 g/mol. The third kappa shape index (κ3) is 3.45. The van der Waals surface area contributed by atoms with Gasteiger partial charge >= 0.3 is 0 Å². The molecule has 0 aromatic heterocycles.